The number of carbonyl (C=O) groups excluding carboxylic acids is 1. The molecular formula is C17H31N5O2. The van der Waals surface area contributed by atoms with Gasteiger partial charge in [-0.25, -0.2) is 14.3 Å². The maximum atomic E-state index is 12.2. The zero-order valence-electron chi connectivity index (χ0n) is 15.6. The van der Waals surface area contributed by atoms with E-state index in [9.17, 15) is 9.59 Å². The molecular weight excluding hydrogens is 306 g/mol. The number of fused-ring (bicyclic) bond motifs is 1. The van der Waals surface area contributed by atoms with Gasteiger partial charge in [0.15, 0.2) is 0 Å². The van der Waals surface area contributed by atoms with Gasteiger partial charge < -0.3 is 10.2 Å². The molecule has 0 saturated carbocycles. The number of nitrogens with zero attached hydrogens (tertiary/aromatic N) is 4. The normalized spacial score (nSPS) is 15.7. The molecule has 0 aromatic carbocycles. The van der Waals surface area contributed by atoms with E-state index in [1.165, 1.54) is 4.68 Å². The molecule has 1 aliphatic rings. The van der Waals surface area contributed by atoms with Gasteiger partial charge >= 0.3 is 11.7 Å². The van der Waals surface area contributed by atoms with Crippen molar-refractivity contribution in [3.8, 4) is 0 Å². The van der Waals surface area contributed by atoms with Crippen molar-refractivity contribution in [3.05, 3.63) is 16.3 Å². The van der Waals surface area contributed by atoms with Crippen LogP contribution in [-0.2, 0) is 19.5 Å². The van der Waals surface area contributed by atoms with Gasteiger partial charge in [0, 0.05) is 39.1 Å². The Morgan fingerprint density at radius 3 is 2.71 bits per heavy atom. The summed E-state index contributed by atoms with van der Waals surface area (Å²) in [4.78, 5) is 26.2. The number of urea groups is 1. The lowest BCUT2D eigenvalue weighted by molar-refractivity contribution is 0.146. The molecule has 2 amide bonds. The molecule has 1 atom stereocenters. The van der Waals surface area contributed by atoms with Crippen LogP contribution < -0.4 is 11.0 Å². The predicted molar refractivity (Wildman–Crippen MR) is 94.1 cm³/mol. The Morgan fingerprint density at radius 1 is 1.38 bits per heavy atom. The molecule has 0 radical (unpaired) electrons. The van der Waals surface area contributed by atoms with Gasteiger partial charge in [0.1, 0.15) is 5.82 Å². The van der Waals surface area contributed by atoms with Gasteiger partial charge in [0.2, 0.25) is 0 Å². The van der Waals surface area contributed by atoms with Gasteiger partial charge in [-0.2, -0.15) is 5.10 Å². The number of amides is 2. The number of rotatable bonds is 5. The number of hydrogen-bond acceptors (Lipinski definition) is 3. The molecule has 24 heavy (non-hydrogen) atoms. The van der Waals surface area contributed by atoms with Crippen LogP contribution in [0.4, 0.5) is 4.79 Å². The molecule has 136 valence electrons. The topological polar surface area (TPSA) is 72.2 Å². The average molecular weight is 337 g/mol. The fraction of sp³-hybridized carbons (Fsp3) is 0.824. The molecule has 0 saturated heterocycles. The van der Waals surface area contributed by atoms with E-state index in [0.29, 0.717) is 19.5 Å². The molecule has 0 spiro atoms. The molecule has 1 aromatic heterocycles. The number of aryl methyl sites for hydroxylation is 2. The lowest BCUT2D eigenvalue weighted by Crippen LogP contribution is -2.47. The van der Waals surface area contributed by atoms with E-state index in [-0.39, 0.29) is 23.2 Å². The van der Waals surface area contributed by atoms with Crippen molar-refractivity contribution >= 4 is 6.03 Å². The fourth-order valence-corrected chi connectivity index (χ4v) is 2.90. The van der Waals surface area contributed by atoms with E-state index in [2.05, 4.69) is 38.1 Å². The van der Waals surface area contributed by atoms with Gasteiger partial charge in [0.25, 0.3) is 0 Å². The van der Waals surface area contributed by atoms with Crippen molar-refractivity contribution in [3.63, 3.8) is 0 Å². The third-order valence-corrected chi connectivity index (χ3v) is 5.01. The molecule has 2 rings (SSSR count). The summed E-state index contributed by atoms with van der Waals surface area (Å²) >= 11 is 0. The lowest BCUT2D eigenvalue weighted by atomic mass is 9.87. The van der Waals surface area contributed by atoms with Crippen LogP contribution in [-0.4, -0.2) is 44.9 Å². The van der Waals surface area contributed by atoms with Crippen LogP contribution >= 0.6 is 0 Å². The minimum atomic E-state index is -0.0751. The Hall–Kier alpha value is -1.79. The predicted octanol–water partition coefficient (Wildman–Crippen LogP) is 1.85. The highest BCUT2D eigenvalue weighted by molar-refractivity contribution is 5.74. The summed E-state index contributed by atoms with van der Waals surface area (Å²) in [6.45, 7) is 10.3. The highest BCUT2D eigenvalue weighted by Crippen LogP contribution is 2.22. The second-order valence-electron chi connectivity index (χ2n) is 7.77. The SMILES string of the molecule is C[C@H](N(C)C(=O)NCCCn1nc2n(c1=O)CCCC2)C(C)(C)C. The number of aromatic nitrogens is 3. The Morgan fingerprint density at radius 2 is 2.08 bits per heavy atom. The monoisotopic (exact) mass is 337 g/mol. The number of hydrogen-bond donors (Lipinski definition) is 1. The molecule has 1 aliphatic heterocycles. The summed E-state index contributed by atoms with van der Waals surface area (Å²) in [5.74, 6) is 0.897. The smallest absolute Gasteiger partial charge is 0.338 e. The molecule has 0 aliphatic carbocycles. The molecule has 7 nitrogen and oxygen atoms in total. The summed E-state index contributed by atoms with van der Waals surface area (Å²) < 4.78 is 3.31. The van der Waals surface area contributed by atoms with Crippen LogP contribution in [0.2, 0.25) is 0 Å². The second-order valence-corrected chi connectivity index (χ2v) is 7.77. The molecule has 0 bridgehead atoms. The van der Waals surface area contributed by atoms with Crippen molar-refractivity contribution < 1.29 is 4.79 Å². The van der Waals surface area contributed by atoms with E-state index in [4.69, 9.17) is 0 Å². The second kappa shape index (κ2) is 7.40. The summed E-state index contributed by atoms with van der Waals surface area (Å²) in [5, 5.41) is 7.33. The van der Waals surface area contributed by atoms with Crippen molar-refractivity contribution in [2.45, 2.75) is 72.5 Å². The van der Waals surface area contributed by atoms with Crippen LogP contribution in [0.3, 0.4) is 0 Å². The highest BCUT2D eigenvalue weighted by atomic mass is 16.2. The maximum absolute atomic E-state index is 12.2. The summed E-state index contributed by atoms with van der Waals surface area (Å²) in [6, 6.07) is 0.0638. The van der Waals surface area contributed by atoms with Crippen LogP contribution in [0.1, 0.15) is 52.8 Å². The number of nitrogens with one attached hydrogen (secondary N) is 1. The minimum absolute atomic E-state index is 0.0190. The first kappa shape index (κ1) is 18.5. The first-order chi connectivity index (χ1) is 11.2. The zero-order valence-corrected chi connectivity index (χ0v) is 15.6. The van der Waals surface area contributed by atoms with Crippen molar-refractivity contribution in [1.29, 1.82) is 0 Å². The minimum Gasteiger partial charge on any atom is -0.338 e. The van der Waals surface area contributed by atoms with E-state index in [1.807, 2.05) is 7.05 Å². The summed E-state index contributed by atoms with van der Waals surface area (Å²) in [5.41, 5.74) is 0.0176. The molecule has 1 aromatic rings. The standard InChI is InChI=1S/C17H31N5O2/c1-13(17(2,3)4)20(5)15(23)18-10-8-12-22-16(24)21-11-7-6-9-14(21)19-22/h13H,6-12H2,1-5H3,(H,18,23)/t13-/m0/s1. The quantitative estimate of drug-likeness (QED) is 0.834. The van der Waals surface area contributed by atoms with Crippen molar-refractivity contribution in [1.82, 2.24) is 24.6 Å². The summed E-state index contributed by atoms with van der Waals surface area (Å²) in [6.07, 6.45) is 3.73. The van der Waals surface area contributed by atoms with Crippen LogP contribution in [0.15, 0.2) is 4.79 Å². The Balaban J connectivity index is 1.80. The Kier molecular flexibility index (Phi) is 5.72. The van der Waals surface area contributed by atoms with E-state index < -0.39 is 0 Å². The van der Waals surface area contributed by atoms with Gasteiger partial charge in [0.05, 0.1) is 0 Å². The Bertz CT molecular complexity index is 626. The van der Waals surface area contributed by atoms with E-state index in [1.54, 1.807) is 9.47 Å². The van der Waals surface area contributed by atoms with Crippen LogP contribution in [0.25, 0.3) is 0 Å². The summed E-state index contributed by atoms with van der Waals surface area (Å²) in [7, 11) is 1.82. The molecule has 2 heterocycles. The lowest BCUT2D eigenvalue weighted by Gasteiger charge is -2.35. The number of carbonyl (C=O) groups is 1. The average Bonchev–Trinajstić information content (AvgIpc) is 2.85. The third kappa shape index (κ3) is 4.19. The first-order valence-corrected chi connectivity index (χ1v) is 8.89. The van der Waals surface area contributed by atoms with Gasteiger partial charge in [-0.15, -0.1) is 0 Å². The van der Waals surface area contributed by atoms with Crippen molar-refractivity contribution in [2.75, 3.05) is 13.6 Å². The third-order valence-electron chi connectivity index (χ3n) is 5.01. The van der Waals surface area contributed by atoms with Crippen LogP contribution in [0.5, 0.6) is 0 Å². The van der Waals surface area contributed by atoms with Crippen LogP contribution in [0, 0.1) is 5.41 Å². The highest BCUT2D eigenvalue weighted by Gasteiger charge is 2.26. The molecule has 7 heteroatoms. The van der Waals surface area contributed by atoms with Gasteiger partial charge in [-0.3, -0.25) is 4.57 Å². The largest absolute Gasteiger partial charge is 0.345 e. The van der Waals surface area contributed by atoms with Gasteiger partial charge in [-0.1, -0.05) is 20.8 Å². The Labute approximate surface area is 144 Å². The van der Waals surface area contributed by atoms with Crippen molar-refractivity contribution in [2.24, 2.45) is 5.41 Å². The fourth-order valence-electron chi connectivity index (χ4n) is 2.90. The molecule has 0 unspecified atom stereocenters. The van der Waals surface area contributed by atoms with Gasteiger partial charge in [-0.05, 0) is 31.6 Å². The van der Waals surface area contributed by atoms with E-state index in [0.717, 1.165) is 31.6 Å². The zero-order chi connectivity index (χ0) is 17.9. The van der Waals surface area contributed by atoms with E-state index >= 15 is 0 Å². The maximum Gasteiger partial charge on any atom is 0.345 e. The molecule has 0 fully saturated rings. The first-order valence-electron chi connectivity index (χ1n) is 8.89. The molecule has 1 N–H and O–H groups in total.